The number of methoxy groups -OCH3 is 1. The number of likely N-dealkylation sites (tertiary alicyclic amines) is 1. The van der Waals surface area contributed by atoms with Gasteiger partial charge in [-0.25, -0.2) is 4.79 Å². The van der Waals surface area contributed by atoms with Gasteiger partial charge in [0.2, 0.25) is 5.91 Å². The summed E-state index contributed by atoms with van der Waals surface area (Å²) >= 11 is 0. The summed E-state index contributed by atoms with van der Waals surface area (Å²) in [5.41, 5.74) is 5.48. The minimum absolute atomic E-state index is 0.159. The van der Waals surface area contributed by atoms with Crippen molar-refractivity contribution in [2.24, 2.45) is 4.99 Å². The summed E-state index contributed by atoms with van der Waals surface area (Å²) in [5, 5.41) is 2.93. The van der Waals surface area contributed by atoms with E-state index in [0.29, 0.717) is 17.0 Å². The van der Waals surface area contributed by atoms with Crippen LogP contribution < -0.4 is 5.32 Å². The zero-order valence-corrected chi connectivity index (χ0v) is 20.6. The molecule has 1 atom stereocenters. The number of hydrogen-bond acceptors (Lipinski definition) is 5. The van der Waals surface area contributed by atoms with Crippen LogP contribution in [0.15, 0.2) is 77.8 Å². The SMILES string of the molecule is COC(=O)c1ccc2c(c1)NC(=O)C2C(=Nc1ccc(CCN2CCCCC2)cc1)c1ccccc1. The largest absolute Gasteiger partial charge is 0.465 e. The summed E-state index contributed by atoms with van der Waals surface area (Å²) in [7, 11) is 1.34. The molecule has 184 valence electrons. The van der Waals surface area contributed by atoms with Gasteiger partial charge in [0, 0.05) is 12.2 Å². The number of nitrogens with one attached hydrogen (secondary N) is 1. The predicted octanol–water partition coefficient (Wildman–Crippen LogP) is 5.36. The third-order valence-electron chi connectivity index (χ3n) is 7.00. The predicted molar refractivity (Wildman–Crippen MR) is 142 cm³/mol. The number of fused-ring (bicyclic) bond motifs is 1. The molecule has 2 aliphatic heterocycles. The second kappa shape index (κ2) is 10.9. The maximum atomic E-state index is 13.2. The average molecular weight is 482 g/mol. The highest BCUT2D eigenvalue weighted by Crippen LogP contribution is 2.37. The van der Waals surface area contributed by atoms with Crippen molar-refractivity contribution < 1.29 is 14.3 Å². The molecule has 6 nitrogen and oxygen atoms in total. The lowest BCUT2D eigenvalue weighted by atomic mass is 9.90. The van der Waals surface area contributed by atoms with Crippen LogP contribution >= 0.6 is 0 Å². The second-order valence-electron chi connectivity index (χ2n) is 9.40. The number of piperidine rings is 1. The van der Waals surface area contributed by atoms with E-state index in [2.05, 4.69) is 22.3 Å². The Morgan fingerprint density at radius 1 is 0.972 bits per heavy atom. The Kier molecular flexibility index (Phi) is 7.23. The topological polar surface area (TPSA) is 71.0 Å². The molecule has 3 aromatic carbocycles. The fraction of sp³-hybridized carbons (Fsp3) is 0.300. The van der Waals surface area contributed by atoms with Gasteiger partial charge in [0.05, 0.1) is 24.1 Å². The van der Waals surface area contributed by atoms with Gasteiger partial charge in [-0.2, -0.15) is 0 Å². The third-order valence-corrected chi connectivity index (χ3v) is 7.00. The Labute approximate surface area is 212 Å². The second-order valence-corrected chi connectivity index (χ2v) is 9.40. The van der Waals surface area contributed by atoms with E-state index in [1.165, 1.54) is 45.0 Å². The van der Waals surface area contributed by atoms with Gasteiger partial charge in [-0.3, -0.25) is 9.79 Å². The van der Waals surface area contributed by atoms with Crippen molar-refractivity contribution in [1.82, 2.24) is 4.90 Å². The van der Waals surface area contributed by atoms with Crippen LogP contribution in [-0.2, 0) is 16.0 Å². The number of amides is 1. The van der Waals surface area contributed by atoms with Gasteiger partial charge < -0.3 is 15.0 Å². The number of ether oxygens (including phenoxy) is 1. The Morgan fingerprint density at radius 3 is 2.44 bits per heavy atom. The molecule has 5 rings (SSSR count). The van der Waals surface area contributed by atoms with Gasteiger partial charge in [-0.15, -0.1) is 0 Å². The normalized spacial score (nSPS) is 18.0. The summed E-state index contributed by atoms with van der Waals surface area (Å²) in [6, 6.07) is 23.3. The van der Waals surface area contributed by atoms with E-state index in [-0.39, 0.29) is 5.91 Å². The number of nitrogens with zero attached hydrogens (tertiary/aromatic N) is 2. The molecule has 1 unspecified atom stereocenters. The Hall–Kier alpha value is -3.77. The number of esters is 1. The van der Waals surface area contributed by atoms with Crippen molar-refractivity contribution in [2.45, 2.75) is 31.6 Å². The molecular formula is C30H31N3O3. The molecule has 6 heteroatoms. The van der Waals surface area contributed by atoms with Gasteiger partial charge in [0.1, 0.15) is 5.92 Å². The van der Waals surface area contributed by atoms with Crippen molar-refractivity contribution in [3.63, 3.8) is 0 Å². The Balaban J connectivity index is 1.43. The first kappa shape index (κ1) is 23.9. The summed E-state index contributed by atoms with van der Waals surface area (Å²) in [6.07, 6.45) is 4.98. The van der Waals surface area contributed by atoms with E-state index in [4.69, 9.17) is 9.73 Å². The lowest BCUT2D eigenvalue weighted by Gasteiger charge is -2.26. The van der Waals surface area contributed by atoms with Gasteiger partial charge in [0.15, 0.2) is 0 Å². The van der Waals surface area contributed by atoms with E-state index < -0.39 is 11.9 Å². The van der Waals surface area contributed by atoms with Crippen LogP contribution in [0.25, 0.3) is 0 Å². The minimum Gasteiger partial charge on any atom is -0.465 e. The van der Waals surface area contributed by atoms with Crippen LogP contribution in [0.3, 0.4) is 0 Å². The van der Waals surface area contributed by atoms with Crippen LogP contribution in [0.5, 0.6) is 0 Å². The summed E-state index contributed by atoms with van der Waals surface area (Å²) in [6.45, 7) is 3.49. The van der Waals surface area contributed by atoms with Crippen molar-refractivity contribution >= 4 is 29.0 Å². The van der Waals surface area contributed by atoms with E-state index in [0.717, 1.165) is 29.8 Å². The van der Waals surface area contributed by atoms with Gasteiger partial charge in [-0.1, -0.05) is 55.0 Å². The molecule has 36 heavy (non-hydrogen) atoms. The fourth-order valence-corrected chi connectivity index (χ4v) is 5.03. The Morgan fingerprint density at radius 2 is 1.72 bits per heavy atom. The molecular weight excluding hydrogens is 450 g/mol. The number of carbonyl (C=O) groups excluding carboxylic acids is 2. The summed E-state index contributed by atoms with van der Waals surface area (Å²) in [4.78, 5) is 32.7. The van der Waals surface area contributed by atoms with Crippen molar-refractivity contribution in [1.29, 1.82) is 0 Å². The van der Waals surface area contributed by atoms with E-state index >= 15 is 0 Å². The minimum atomic E-state index is -0.576. The molecule has 0 aromatic heterocycles. The quantitative estimate of drug-likeness (QED) is 0.364. The van der Waals surface area contributed by atoms with Crippen molar-refractivity contribution in [3.05, 3.63) is 95.1 Å². The molecule has 0 bridgehead atoms. The van der Waals surface area contributed by atoms with Crippen LogP contribution in [0, 0.1) is 0 Å². The van der Waals surface area contributed by atoms with Crippen LogP contribution in [0.2, 0.25) is 0 Å². The molecule has 1 amide bonds. The molecule has 3 aromatic rings. The highest BCUT2D eigenvalue weighted by Gasteiger charge is 2.36. The first-order chi connectivity index (χ1) is 17.6. The maximum Gasteiger partial charge on any atom is 0.337 e. The number of rotatable bonds is 7. The zero-order valence-electron chi connectivity index (χ0n) is 20.6. The third kappa shape index (κ3) is 5.24. The molecule has 1 saturated heterocycles. The first-order valence-corrected chi connectivity index (χ1v) is 12.6. The molecule has 1 N–H and O–H groups in total. The van der Waals surface area contributed by atoms with E-state index in [1.54, 1.807) is 12.1 Å². The standard InChI is InChI=1S/C30H31N3O3/c1-36-30(35)23-12-15-25-26(20-23)32-29(34)27(25)28(22-8-4-2-5-9-22)31-24-13-10-21(11-14-24)16-19-33-17-6-3-7-18-33/h2,4-5,8-15,20,27H,3,6-7,16-19H2,1H3,(H,32,34). The zero-order chi connectivity index (χ0) is 24.9. The number of benzene rings is 3. The monoisotopic (exact) mass is 481 g/mol. The Bertz CT molecular complexity index is 1260. The van der Waals surface area contributed by atoms with E-state index in [9.17, 15) is 9.59 Å². The molecule has 0 radical (unpaired) electrons. The number of hydrogen-bond donors (Lipinski definition) is 1. The molecule has 2 heterocycles. The van der Waals surface area contributed by atoms with Gasteiger partial charge in [0.25, 0.3) is 0 Å². The first-order valence-electron chi connectivity index (χ1n) is 12.6. The number of carbonyl (C=O) groups is 2. The molecule has 0 aliphatic carbocycles. The highest BCUT2D eigenvalue weighted by molar-refractivity contribution is 6.24. The molecule has 2 aliphatic rings. The van der Waals surface area contributed by atoms with Crippen LogP contribution in [-0.4, -0.2) is 49.2 Å². The van der Waals surface area contributed by atoms with Gasteiger partial charge >= 0.3 is 5.97 Å². The lowest BCUT2D eigenvalue weighted by Crippen LogP contribution is -2.31. The molecule has 0 saturated carbocycles. The fourth-order valence-electron chi connectivity index (χ4n) is 5.03. The van der Waals surface area contributed by atoms with E-state index in [1.807, 2.05) is 48.5 Å². The average Bonchev–Trinajstić information content (AvgIpc) is 3.26. The smallest absolute Gasteiger partial charge is 0.337 e. The van der Waals surface area contributed by atoms with Gasteiger partial charge in [-0.05, 0) is 73.3 Å². The lowest BCUT2D eigenvalue weighted by molar-refractivity contribution is -0.115. The number of anilines is 1. The van der Waals surface area contributed by atoms with Crippen LogP contribution in [0.4, 0.5) is 11.4 Å². The highest BCUT2D eigenvalue weighted by atomic mass is 16.5. The maximum absolute atomic E-state index is 13.2. The van der Waals surface area contributed by atoms with Crippen LogP contribution in [0.1, 0.15) is 52.2 Å². The molecule has 1 fully saturated rings. The molecule has 0 spiro atoms. The van der Waals surface area contributed by atoms with Crippen molar-refractivity contribution in [2.75, 3.05) is 32.1 Å². The summed E-state index contributed by atoms with van der Waals surface area (Å²) < 4.78 is 4.83. The number of aliphatic imine (C=N–C) groups is 1. The van der Waals surface area contributed by atoms with Crippen molar-refractivity contribution in [3.8, 4) is 0 Å². The summed E-state index contributed by atoms with van der Waals surface area (Å²) in [5.74, 6) is -1.17.